The molecule has 0 spiro atoms. The Morgan fingerprint density at radius 2 is 0.754 bits per heavy atom. The highest BCUT2D eigenvalue weighted by atomic mass is 16.6. The molecule has 0 aliphatic heterocycles. The molecule has 0 aliphatic carbocycles. The molecule has 0 aromatic rings. The van der Waals surface area contributed by atoms with Gasteiger partial charge in [-0.05, 0) is 12.8 Å². The molecule has 0 rings (SSSR count). The molecule has 22 nitrogen and oxygen atoms in total. The molecule has 23 heteroatoms. The van der Waals surface area contributed by atoms with Gasteiger partial charge in [0, 0.05) is 32.7 Å². The van der Waals surface area contributed by atoms with E-state index in [0.29, 0.717) is 26.3 Å². The first kappa shape index (κ1) is 52.9. The number of ether oxygens (including phenoxy) is 12. The van der Waals surface area contributed by atoms with Crippen molar-refractivity contribution in [3.05, 3.63) is 0 Å². The first-order valence-corrected chi connectivity index (χ1v) is 18.7. The predicted molar refractivity (Wildman–Crippen MR) is 198 cm³/mol. The smallest absolute Gasteiger partial charge is 0.407 e. The zero-order valence-electron chi connectivity index (χ0n) is 33.4. The standard InChI is InChI=1S/C34H60BN3O19/c1-3-9-56-33(44)36-5-11-46-15-17-48-19-21-54-31(42)26-50-24-29(40)52-13-7-38(23-28(35)39)8-14-53-30(41)25-51-27-32(43)55-22-20-49-18-16-47-12-6-37-34(45)57-10-4-2/h3-27,35H2,1-2H3,(H,36,44)(H,37,45). The van der Waals surface area contributed by atoms with Crippen LogP contribution in [0.5, 0.6) is 0 Å². The summed E-state index contributed by atoms with van der Waals surface area (Å²) in [6.07, 6.45) is 0.480. The van der Waals surface area contributed by atoms with Gasteiger partial charge in [0.1, 0.15) is 52.9 Å². The number of esters is 4. The van der Waals surface area contributed by atoms with Crippen LogP contribution in [0.3, 0.4) is 0 Å². The Bertz CT molecular complexity index is 1040. The second-order valence-corrected chi connectivity index (χ2v) is 11.4. The van der Waals surface area contributed by atoms with Crippen LogP contribution in [-0.4, -0.2) is 206 Å². The van der Waals surface area contributed by atoms with Crippen molar-refractivity contribution in [2.75, 3.05) is 152 Å². The zero-order valence-corrected chi connectivity index (χ0v) is 33.4. The van der Waals surface area contributed by atoms with Crippen LogP contribution in [0.2, 0.25) is 0 Å². The van der Waals surface area contributed by atoms with Crippen molar-refractivity contribution in [1.29, 1.82) is 0 Å². The molecule has 0 aliphatic rings. The van der Waals surface area contributed by atoms with Crippen LogP contribution in [0.25, 0.3) is 0 Å². The minimum atomic E-state index is -0.741. The molecule has 0 saturated heterocycles. The highest BCUT2D eigenvalue weighted by molar-refractivity contribution is 6.58. The van der Waals surface area contributed by atoms with Crippen LogP contribution in [0.4, 0.5) is 9.59 Å². The summed E-state index contributed by atoms with van der Waals surface area (Å²) in [4.78, 5) is 83.3. The van der Waals surface area contributed by atoms with Gasteiger partial charge in [-0.25, -0.2) is 28.8 Å². The number of hydrogen-bond acceptors (Lipinski definition) is 20. The quantitative estimate of drug-likeness (QED) is 0.0295. The molecule has 0 bridgehead atoms. The molecule has 2 N–H and O–H groups in total. The number of carbonyl (C=O) groups excluding carboxylic acids is 7. The van der Waals surface area contributed by atoms with Crippen LogP contribution in [0.15, 0.2) is 0 Å². The van der Waals surface area contributed by atoms with E-state index >= 15 is 0 Å². The summed E-state index contributed by atoms with van der Waals surface area (Å²) in [6, 6.07) is 0. The number of nitrogens with one attached hydrogen (secondary N) is 2. The fourth-order valence-electron chi connectivity index (χ4n) is 3.78. The third-order valence-corrected chi connectivity index (χ3v) is 6.30. The Hall–Kier alpha value is -4.13. The number of alkyl carbamates (subject to hydrolysis) is 2. The van der Waals surface area contributed by atoms with Gasteiger partial charge < -0.3 is 72.3 Å². The maximum absolute atomic E-state index is 12.0. The van der Waals surface area contributed by atoms with E-state index in [1.165, 1.54) is 7.85 Å². The molecule has 0 radical (unpaired) electrons. The van der Waals surface area contributed by atoms with Gasteiger partial charge in [0.05, 0.1) is 71.8 Å². The topological polar surface area (TPSA) is 258 Å². The lowest BCUT2D eigenvalue weighted by molar-refractivity contribution is -0.157. The summed E-state index contributed by atoms with van der Waals surface area (Å²) in [5, 5.41) is 5.08. The second kappa shape index (κ2) is 38.7. The van der Waals surface area contributed by atoms with Crippen molar-refractivity contribution in [3.8, 4) is 0 Å². The number of nitrogens with zero attached hydrogens (tertiary/aromatic N) is 1. The fourth-order valence-corrected chi connectivity index (χ4v) is 3.78. The molecule has 0 fully saturated rings. The minimum Gasteiger partial charge on any atom is -0.463 e. The van der Waals surface area contributed by atoms with Gasteiger partial charge in [-0.1, -0.05) is 13.8 Å². The van der Waals surface area contributed by atoms with E-state index in [-0.39, 0.29) is 105 Å². The first-order chi connectivity index (χ1) is 27.6. The van der Waals surface area contributed by atoms with Crippen molar-refractivity contribution < 1.29 is 90.4 Å². The zero-order chi connectivity index (χ0) is 42.2. The van der Waals surface area contributed by atoms with Gasteiger partial charge in [-0.3, -0.25) is 4.90 Å². The van der Waals surface area contributed by atoms with E-state index in [1.807, 2.05) is 13.8 Å². The maximum Gasteiger partial charge on any atom is 0.407 e. The van der Waals surface area contributed by atoms with Gasteiger partial charge in [0.25, 0.3) is 0 Å². The van der Waals surface area contributed by atoms with Crippen LogP contribution in [0.1, 0.15) is 26.7 Å². The first-order valence-electron chi connectivity index (χ1n) is 18.7. The Kier molecular flexibility index (Phi) is 35.9. The van der Waals surface area contributed by atoms with Gasteiger partial charge in [0.15, 0.2) is 7.85 Å². The second-order valence-electron chi connectivity index (χ2n) is 11.4. The van der Waals surface area contributed by atoms with Crippen molar-refractivity contribution in [2.24, 2.45) is 0 Å². The van der Waals surface area contributed by atoms with Gasteiger partial charge in [0.2, 0.25) is 0 Å². The molecule has 0 saturated carbocycles. The SMILES string of the molecule is BC(=O)CN(CCOC(=O)COCC(=O)OCCOCCOCCNC(=O)OCCC)CCOC(=O)COCC(=O)OCCOCCOCCNC(=O)OCCC. The molecular formula is C34H60BN3O19. The maximum atomic E-state index is 12.0. The summed E-state index contributed by atoms with van der Waals surface area (Å²) in [5.41, 5.74) is -0.166. The summed E-state index contributed by atoms with van der Waals surface area (Å²) in [6.45, 7) is 5.05. The normalized spacial score (nSPS) is 10.7. The van der Waals surface area contributed by atoms with Gasteiger partial charge >= 0.3 is 36.1 Å². The van der Waals surface area contributed by atoms with Gasteiger partial charge in [-0.15, -0.1) is 0 Å². The lowest BCUT2D eigenvalue weighted by atomic mass is 10.0. The van der Waals surface area contributed by atoms with Crippen molar-refractivity contribution >= 4 is 49.6 Å². The van der Waals surface area contributed by atoms with E-state index < -0.39 is 62.5 Å². The number of hydrogen-bond donors (Lipinski definition) is 2. The highest BCUT2D eigenvalue weighted by Gasteiger charge is 2.13. The molecule has 0 atom stereocenters. The Morgan fingerprint density at radius 1 is 0.421 bits per heavy atom. The minimum absolute atomic E-state index is 0.0105. The molecule has 0 aromatic heterocycles. The molecule has 0 unspecified atom stereocenters. The highest BCUT2D eigenvalue weighted by Crippen LogP contribution is 1.94. The molecular weight excluding hydrogens is 765 g/mol. The summed E-state index contributed by atoms with van der Waals surface area (Å²) < 4.78 is 60.9. The van der Waals surface area contributed by atoms with E-state index in [1.54, 1.807) is 4.90 Å². The largest absolute Gasteiger partial charge is 0.463 e. The Balaban J connectivity index is 3.84. The van der Waals surface area contributed by atoms with Crippen LogP contribution < -0.4 is 10.6 Å². The van der Waals surface area contributed by atoms with Gasteiger partial charge in [-0.2, -0.15) is 0 Å². The Labute approximate surface area is 333 Å². The van der Waals surface area contributed by atoms with Crippen LogP contribution in [-0.2, 0) is 80.8 Å². The number of amides is 2. The van der Waals surface area contributed by atoms with E-state index in [2.05, 4.69) is 10.6 Å². The molecule has 57 heavy (non-hydrogen) atoms. The van der Waals surface area contributed by atoms with Crippen molar-refractivity contribution in [2.45, 2.75) is 26.7 Å². The Morgan fingerprint density at radius 3 is 1.11 bits per heavy atom. The molecule has 2 amide bonds. The average molecular weight is 826 g/mol. The molecule has 0 aromatic carbocycles. The number of carbonyl (C=O) groups is 7. The third-order valence-electron chi connectivity index (χ3n) is 6.30. The lowest BCUT2D eigenvalue weighted by Gasteiger charge is -2.20. The molecule has 328 valence electrons. The monoisotopic (exact) mass is 825 g/mol. The van der Waals surface area contributed by atoms with Crippen molar-refractivity contribution in [3.63, 3.8) is 0 Å². The predicted octanol–water partition coefficient (Wildman–Crippen LogP) is -2.01. The van der Waals surface area contributed by atoms with E-state index in [0.717, 1.165) is 12.8 Å². The van der Waals surface area contributed by atoms with E-state index in [4.69, 9.17) is 56.8 Å². The van der Waals surface area contributed by atoms with Crippen LogP contribution >= 0.6 is 0 Å². The third kappa shape index (κ3) is 38.5. The summed E-state index contributed by atoms with van der Waals surface area (Å²) in [5.74, 6) is -2.89. The van der Waals surface area contributed by atoms with E-state index in [9.17, 15) is 33.6 Å². The summed E-state index contributed by atoms with van der Waals surface area (Å²) in [7, 11) is 1.38. The number of rotatable bonds is 38. The van der Waals surface area contributed by atoms with Crippen LogP contribution in [0, 0.1) is 0 Å². The summed E-state index contributed by atoms with van der Waals surface area (Å²) >= 11 is 0. The average Bonchev–Trinajstić information content (AvgIpc) is 3.17. The van der Waals surface area contributed by atoms with Crippen molar-refractivity contribution in [1.82, 2.24) is 15.5 Å². The lowest BCUT2D eigenvalue weighted by Crippen LogP contribution is -2.36. The molecule has 0 heterocycles. The fraction of sp³-hybridized carbons (Fsp3) is 0.794.